The molecular formula is C12H14N4O2. The van der Waals surface area contributed by atoms with Crippen LogP contribution in [-0.2, 0) is 4.74 Å². The van der Waals surface area contributed by atoms with Gasteiger partial charge in [-0.2, -0.15) is 4.98 Å². The van der Waals surface area contributed by atoms with Crippen LogP contribution in [-0.4, -0.2) is 23.4 Å². The molecule has 0 amide bonds. The lowest BCUT2D eigenvalue weighted by Crippen LogP contribution is -1.99. The fraction of sp³-hybridized carbons (Fsp3) is 0.333. The van der Waals surface area contributed by atoms with Gasteiger partial charge in [0.05, 0.1) is 6.61 Å². The summed E-state index contributed by atoms with van der Waals surface area (Å²) in [5.41, 5.74) is 13.4. The van der Waals surface area contributed by atoms with E-state index in [9.17, 15) is 0 Å². The number of rotatable bonds is 2. The van der Waals surface area contributed by atoms with Crippen molar-refractivity contribution in [1.82, 2.24) is 10.1 Å². The van der Waals surface area contributed by atoms with Crippen molar-refractivity contribution in [2.24, 2.45) is 0 Å². The summed E-state index contributed by atoms with van der Waals surface area (Å²) in [6.45, 7) is 1.40. The fourth-order valence-electron chi connectivity index (χ4n) is 2.06. The summed E-state index contributed by atoms with van der Waals surface area (Å²) in [5, 5.41) is 3.99. The number of hydrogen-bond acceptors (Lipinski definition) is 6. The second-order valence-corrected chi connectivity index (χ2v) is 4.41. The van der Waals surface area contributed by atoms with Crippen LogP contribution >= 0.6 is 0 Å². The summed E-state index contributed by atoms with van der Waals surface area (Å²) in [6, 6.07) is 5.21. The Labute approximate surface area is 104 Å². The van der Waals surface area contributed by atoms with Crippen LogP contribution in [0.1, 0.15) is 18.2 Å². The normalized spacial score (nSPS) is 19.2. The molecule has 0 radical (unpaired) electrons. The van der Waals surface area contributed by atoms with Gasteiger partial charge in [-0.1, -0.05) is 5.16 Å². The standard InChI is InChI=1S/C12H14N4O2/c13-9-3-8(4-10(14)5-9)12-15-11(16-18-12)7-1-2-17-6-7/h3-5,7H,1-2,6,13-14H2. The molecule has 0 spiro atoms. The first-order valence-electron chi connectivity index (χ1n) is 5.80. The predicted molar refractivity (Wildman–Crippen MR) is 66.7 cm³/mol. The first kappa shape index (κ1) is 11.0. The van der Waals surface area contributed by atoms with Crippen molar-refractivity contribution in [3.8, 4) is 11.5 Å². The highest BCUT2D eigenvalue weighted by atomic mass is 16.5. The molecule has 6 heteroatoms. The molecule has 18 heavy (non-hydrogen) atoms. The average Bonchev–Trinajstić information content (AvgIpc) is 2.99. The van der Waals surface area contributed by atoms with Gasteiger partial charge in [-0.25, -0.2) is 0 Å². The molecule has 1 unspecified atom stereocenters. The minimum Gasteiger partial charge on any atom is -0.399 e. The summed E-state index contributed by atoms with van der Waals surface area (Å²) in [7, 11) is 0. The molecule has 0 saturated carbocycles. The van der Waals surface area contributed by atoms with Gasteiger partial charge in [0.15, 0.2) is 5.82 Å². The smallest absolute Gasteiger partial charge is 0.258 e. The maximum atomic E-state index is 5.74. The Morgan fingerprint density at radius 3 is 2.61 bits per heavy atom. The van der Waals surface area contributed by atoms with Crippen molar-refractivity contribution in [2.45, 2.75) is 12.3 Å². The third-order valence-electron chi connectivity index (χ3n) is 2.96. The minimum absolute atomic E-state index is 0.223. The predicted octanol–water partition coefficient (Wildman–Crippen LogP) is 1.40. The van der Waals surface area contributed by atoms with Crippen molar-refractivity contribution in [3.05, 3.63) is 24.0 Å². The monoisotopic (exact) mass is 246 g/mol. The molecule has 1 aromatic heterocycles. The molecule has 2 aromatic rings. The van der Waals surface area contributed by atoms with Crippen LogP contribution in [0.25, 0.3) is 11.5 Å². The van der Waals surface area contributed by atoms with Crippen LogP contribution in [0.15, 0.2) is 22.7 Å². The van der Waals surface area contributed by atoms with E-state index in [1.807, 2.05) is 0 Å². The molecule has 1 atom stereocenters. The molecule has 2 heterocycles. The van der Waals surface area contributed by atoms with Gasteiger partial charge in [0.1, 0.15) is 0 Å². The zero-order valence-electron chi connectivity index (χ0n) is 9.80. The number of nitrogens with two attached hydrogens (primary N) is 2. The number of anilines is 2. The molecule has 1 aliphatic heterocycles. The summed E-state index contributed by atoms with van der Waals surface area (Å²) in [5.74, 6) is 1.35. The van der Waals surface area contributed by atoms with E-state index in [0.29, 0.717) is 29.7 Å². The van der Waals surface area contributed by atoms with Crippen LogP contribution < -0.4 is 11.5 Å². The van der Waals surface area contributed by atoms with E-state index in [1.165, 1.54) is 0 Å². The zero-order valence-corrected chi connectivity index (χ0v) is 9.80. The van der Waals surface area contributed by atoms with Crippen molar-refractivity contribution in [3.63, 3.8) is 0 Å². The zero-order chi connectivity index (χ0) is 12.5. The second kappa shape index (κ2) is 4.30. The first-order chi connectivity index (χ1) is 8.72. The largest absolute Gasteiger partial charge is 0.399 e. The lowest BCUT2D eigenvalue weighted by atomic mass is 10.1. The first-order valence-corrected chi connectivity index (χ1v) is 5.80. The summed E-state index contributed by atoms with van der Waals surface area (Å²) in [6.07, 6.45) is 0.929. The van der Waals surface area contributed by atoms with Gasteiger partial charge in [0.25, 0.3) is 5.89 Å². The van der Waals surface area contributed by atoms with Gasteiger partial charge >= 0.3 is 0 Å². The lowest BCUT2D eigenvalue weighted by Gasteiger charge is -2.00. The number of aromatic nitrogens is 2. The molecular weight excluding hydrogens is 232 g/mol. The van der Waals surface area contributed by atoms with Crippen LogP contribution in [0.3, 0.4) is 0 Å². The molecule has 1 aliphatic rings. The fourth-order valence-corrected chi connectivity index (χ4v) is 2.06. The molecule has 0 aliphatic carbocycles. The number of nitrogen functional groups attached to an aromatic ring is 2. The van der Waals surface area contributed by atoms with E-state index < -0.39 is 0 Å². The highest BCUT2D eigenvalue weighted by Crippen LogP contribution is 2.27. The SMILES string of the molecule is Nc1cc(N)cc(-c2nc(C3CCOC3)no2)c1. The van der Waals surface area contributed by atoms with Gasteiger partial charge < -0.3 is 20.7 Å². The summed E-state index contributed by atoms with van der Waals surface area (Å²) in [4.78, 5) is 4.38. The van der Waals surface area contributed by atoms with Crippen LogP contribution in [0.4, 0.5) is 11.4 Å². The Bertz CT molecular complexity index is 541. The number of hydrogen-bond donors (Lipinski definition) is 2. The van der Waals surface area contributed by atoms with Gasteiger partial charge in [0.2, 0.25) is 0 Å². The third-order valence-corrected chi connectivity index (χ3v) is 2.96. The van der Waals surface area contributed by atoms with Crippen LogP contribution in [0, 0.1) is 0 Å². The molecule has 1 fully saturated rings. The quantitative estimate of drug-likeness (QED) is 0.777. The number of ether oxygens (including phenoxy) is 1. The molecule has 4 N–H and O–H groups in total. The summed E-state index contributed by atoms with van der Waals surface area (Å²) < 4.78 is 10.5. The van der Waals surface area contributed by atoms with E-state index in [4.69, 9.17) is 20.7 Å². The van der Waals surface area contributed by atoms with E-state index in [0.717, 1.165) is 18.6 Å². The van der Waals surface area contributed by atoms with Crippen molar-refractivity contribution in [1.29, 1.82) is 0 Å². The average molecular weight is 246 g/mol. The number of nitrogens with zero attached hydrogens (tertiary/aromatic N) is 2. The maximum Gasteiger partial charge on any atom is 0.258 e. The molecule has 94 valence electrons. The van der Waals surface area contributed by atoms with E-state index in [1.54, 1.807) is 18.2 Å². The minimum atomic E-state index is 0.223. The van der Waals surface area contributed by atoms with Gasteiger partial charge in [-0.15, -0.1) is 0 Å². The lowest BCUT2D eigenvalue weighted by molar-refractivity contribution is 0.192. The Hall–Kier alpha value is -2.08. The second-order valence-electron chi connectivity index (χ2n) is 4.41. The van der Waals surface area contributed by atoms with Crippen LogP contribution in [0.2, 0.25) is 0 Å². The Morgan fingerprint density at radius 2 is 1.94 bits per heavy atom. The van der Waals surface area contributed by atoms with Crippen molar-refractivity contribution < 1.29 is 9.26 Å². The van der Waals surface area contributed by atoms with Crippen LogP contribution in [0.5, 0.6) is 0 Å². The molecule has 3 rings (SSSR count). The van der Waals surface area contributed by atoms with Gasteiger partial charge in [-0.05, 0) is 24.6 Å². The topological polar surface area (TPSA) is 100 Å². The van der Waals surface area contributed by atoms with Gasteiger partial charge in [-0.3, -0.25) is 0 Å². The molecule has 1 saturated heterocycles. The molecule has 6 nitrogen and oxygen atoms in total. The number of benzene rings is 1. The Kier molecular flexibility index (Phi) is 2.64. The maximum absolute atomic E-state index is 5.74. The van der Waals surface area contributed by atoms with Crippen molar-refractivity contribution >= 4 is 11.4 Å². The van der Waals surface area contributed by atoms with E-state index in [2.05, 4.69) is 10.1 Å². The Balaban J connectivity index is 1.92. The van der Waals surface area contributed by atoms with Crippen molar-refractivity contribution in [2.75, 3.05) is 24.7 Å². The van der Waals surface area contributed by atoms with E-state index in [-0.39, 0.29) is 5.92 Å². The highest BCUT2D eigenvalue weighted by molar-refractivity contribution is 5.67. The molecule has 0 bridgehead atoms. The Morgan fingerprint density at radius 1 is 1.17 bits per heavy atom. The molecule has 1 aromatic carbocycles. The third kappa shape index (κ3) is 2.02. The van der Waals surface area contributed by atoms with Gasteiger partial charge in [0, 0.05) is 29.5 Å². The summed E-state index contributed by atoms with van der Waals surface area (Å²) >= 11 is 0. The van der Waals surface area contributed by atoms with E-state index >= 15 is 0 Å². The highest BCUT2D eigenvalue weighted by Gasteiger charge is 2.23.